The second kappa shape index (κ2) is 4.73. The Kier molecular flexibility index (Phi) is 3.75. The van der Waals surface area contributed by atoms with E-state index in [0.29, 0.717) is 9.36 Å². The molecule has 80 valence electrons. The molecule has 1 nitrogen and oxygen atoms in total. The van der Waals surface area contributed by atoms with Gasteiger partial charge in [-0.3, -0.25) is 0 Å². The SMILES string of the molecule is NC(c1cc(Br)c(Cl)s1)c1sccc1Cl. The summed E-state index contributed by atoms with van der Waals surface area (Å²) in [5.74, 6) is 0. The summed E-state index contributed by atoms with van der Waals surface area (Å²) in [6.45, 7) is 0. The zero-order valence-electron chi connectivity index (χ0n) is 7.34. The summed E-state index contributed by atoms with van der Waals surface area (Å²) in [5.41, 5.74) is 6.10. The van der Waals surface area contributed by atoms with Crippen molar-refractivity contribution in [2.45, 2.75) is 6.04 Å². The molecule has 1 atom stereocenters. The number of rotatable bonds is 2. The van der Waals surface area contributed by atoms with Crippen LogP contribution in [0.25, 0.3) is 0 Å². The average molecular weight is 343 g/mol. The van der Waals surface area contributed by atoms with Crippen LogP contribution in [0.3, 0.4) is 0 Å². The van der Waals surface area contributed by atoms with Crippen molar-refractivity contribution < 1.29 is 0 Å². The van der Waals surface area contributed by atoms with Crippen LogP contribution in [0.5, 0.6) is 0 Å². The number of hydrogen-bond acceptors (Lipinski definition) is 3. The Balaban J connectivity index is 2.36. The van der Waals surface area contributed by atoms with Gasteiger partial charge >= 0.3 is 0 Å². The van der Waals surface area contributed by atoms with Crippen LogP contribution in [-0.4, -0.2) is 0 Å². The highest BCUT2D eigenvalue weighted by Crippen LogP contribution is 2.39. The molecule has 0 bridgehead atoms. The highest BCUT2D eigenvalue weighted by Gasteiger charge is 2.17. The van der Waals surface area contributed by atoms with Crippen LogP contribution in [0.15, 0.2) is 22.0 Å². The summed E-state index contributed by atoms with van der Waals surface area (Å²) in [6, 6.07) is 3.60. The molecule has 2 heterocycles. The monoisotopic (exact) mass is 341 g/mol. The van der Waals surface area contributed by atoms with E-state index < -0.39 is 0 Å². The summed E-state index contributed by atoms with van der Waals surface area (Å²) >= 11 is 18.4. The van der Waals surface area contributed by atoms with Gasteiger partial charge in [-0.25, -0.2) is 0 Å². The molecule has 15 heavy (non-hydrogen) atoms. The van der Waals surface area contributed by atoms with Gasteiger partial charge in [-0.05, 0) is 33.4 Å². The van der Waals surface area contributed by atoms with Crippen molar-refractivity contribution in [2.24, 2.45) is 5.73 Å². The molecule has 2 aromatic heterocycles. The molecule has 2 N–H and O–H groups in total. The predicted octanol–water partition coefficient (Wildman–Crippen LogP) is 4.93. The highest BCUT2D eigenvalue weighted by atomic mass is 79.9. The Bertz CT molecular complexity index is 461. The second-order valence-electron chi connectivity index (χ2n) is 2.88. The maximum Gasteiger partial charge on any atom is 0.107 e. The molecule has 0 aliphatic rings. The summed E-state index contributed by atoms with van der Waals surface area (Å²) in [7, 11) is 0. The van der Waals surface area contributed by atoms with Gasteiger partial charge in [0.05, 0.1) is 11.1 Å². The minimum atomic E-state index is -0.189. The van der Waals surface area contributed by atoms with E-state index in [4.69, 9.17) is 28.9 Å². The minimum Gasteiger partial charge on any atom is -0.319 e. The van der Waals surface area contributed by atoms with E-state index in [9.17, 15) is 0 Å². The molecule has 0 fully saturated rings. The molecule has 0 spiro atoms. The fourth-order valence-corrected chi connectivity index (χ4v) is 4.19. The van der Waals surface area contributed by atoms with Gasteiger partial charge < -0.3 is 5.73 Å². The molecule has 0 radical (unpaired) electrons. The Morgan fingerprint density at radius 1 is 1.40 bits per heavy atom. The van der Waals surface area contributed by atoms with Gasteiger partial charge in [0.15, 0.2) is 0 Å². The topological polar surface area (TPSA) is 26.0 Å². The van der Waals surface area contributed by atoms with Crippen LogP contribution >= 0.6 is 61.8 Å². The number of halogens is 3. The molecule has 0 amide bonds. The predicted molar refractivity (Wildman–Crippen MR) is 72.4 cm³/mol. The quantitative estimate of drug-likeness (QED) is 0.822. The molecular weight excluding hydrogens is 337 g/mol. The molecule has 2 aromatic rings. The summed E-state index contributed by atoms with van der Waals surface area (Å²) in [6.07, 6.45) is 0. The smallest absolute Gasteiger partial charge is 0.107 e. The van der Waals surface area contributed by atoms with Gasteiger partial charge in [0.2, 0.25) is 0 Å². The van der Waals surface area contributed by atoms with E-state index in [-0.39, 0.29) is 6.04 Å². The fourth-order valence-electron chi connectivity index (χ4n) is 1.17. The lowest BCUT2D eigenvalue weighted by molar-refractivity contribution is 0.917. The molecule has 2 rings (SSSR count). The van der Waals surface area contributed by atoms with E-state index in [0.717, 1.165) is 14.2 Å². The third-order valence-corrected chi connectivity index (χ3v) is 5.90. The fraction of sp³-hybridized carbons (Fsp3) is 0.111. The largest absolute Gasteiger partial charge is 0.319 e. The van der Waals surface area contributed by atoms with Crippen LogP contribution < -0.4 is 5.73 Å². The van der Waals surface area contributed by atoms with E-state index >= 15 is 0 Å². The molecule has 6 heteroatoms. The summed E-state index contributed by atoms with van der Waals surface area (Å²) in [5, 5.41) is 2.65. The minimum absolute atomic E-state index is 0.189. The van der Waals surface area contributed by atoms with Gasteiger partial charge in [-0.1, -0.05) is 23.2 Å². The van der Waals surface area contributed by atoms with Crippen LogP contribution in [-0.2, 0) is 0 Å². The number of nitrogens with two attached hydrogens (primary N) is 1. The zero-order chi connectivity index (χ0) is 11.0. The maximum absolute atomic E-state index is 6.10. The number of hydrogen-bond donors (Lipinski definition) is 1. The van der Waals surface area contributed by atoms with Crippen LogP contribution in [0.1, 0.15) is 15.8 Å². The van der Waals surface area contributed by atoms with E-state index in [1.165, 1.54) is 11.3 Å². The summed E-state index contributed by atoms with van der Waals surface area (Å²) in [4.78, 5) is 1.98. The molecule has 0 aliphatic carbocycles. The molecule has 0 aromatic carbocycles. The van der Waals surface area contributed by atoms with Gasteiger partial charge in [0, 0.05) is 14.2 Å². The van der Waals surface area contributed by atoms with Gasteiger partial charge in [-0.2, -0.15) is 0 Å². The Morgan fingerprint density at radius 3 is 2.60 bits per heavy atom. The Morgan fingerprint density at radius 2 is 2.13 bits per heavy atom. The van der Waals surface area contributed by atoms with Crippen molar-refractivity contribution in [3.05, 3.63) is 41.1 Å². The van der Waals surface area contributed by atoms with E-state index in [1.807, 2.05) is 17.5 Å². The third-order valence-electron chi connectivity index (χ3n) is 1.90. The lowest BCUT2D eigenvalue weighted by Gasteiger charge is -2.06. The zero-order valence-corrected chi connectivity index (χ0v) is 12.1. The van der Waals surface area contributed by atoms with Gasteiger partial charge in [0.25, 0.3) is 0 Å². The molecule has 0 aliphatic heterocycles. The third kappa shape index (κ3) is 2.40. The lowest BCUT2D eigenvalue weighted by Crippen LogP contribution is -2.08. The van der Waals surface area contributed by atoms with Crippen molar-refractivity contribution in [2.75, 3.05) is 0 Å². The van der Waals surface area contributed by atoms with Gasteiger partial charge in [0.1, 0.15) is 4.34 Å². The Labute approximate surface area is 114 Å². The van der Waals surface area contributed by atoms with Gasteiger partial charge in [-0.15, -0.1) is 22.7 Å². The summed E-state index contributed by atoms with van der Waals surface area (Å²) < 4.78 is 1.60. The first-order valence-corrected chi connectivity index (χ1v) is 7.27. The van der Waals surface area contributed by atoms with Crippen molar-refractivity contribution in [3.8, 4) is 0 Å². The van der Waals surface area contributed by atoms with Crippen molar-refractivity contribution in [1.82, 2.24) is 0 Å². The average Bonchev–Trinajstić information content (AvgIpc) is 2.74. The van der Waals surface area contributed by atoms with E-state index in [2.05, 4.69) is 15.9 Å². The first-order chi connectivity index (χ1) is 7.09. The van der Waals surface area contributed by atoms with Crippen LogP contribution in [0.2, 0.25) is 9.36 Å². The Hall–Kier alpha value is 0.420. The number of thiophene rings is 2. The van der Waals surface area contributed by atoms with Crippen LogP contribution in [0.4, 0.5) is 0 Å². The van der Waals surface area contributed by atoms with Crippen molar-refractivity contribution in [3.63, 3.8) is 0 Å². The molecule has 0 saturated carbocycles. The van der Waals surface area contributed by atoms with Crippen molar-refractivity contribution in [1.29, 1.82) is 0 Å². The van der Waals surface area contributed by atoms with Crippen molar-refractivity contribution >= 4 is 61.8 Å². The van der Waals surface area contributed by atoms with Crippen LogP contribution in [0, 0.1) is 0 Å². The first-order valence-electron chi connectivity index (χ1n) is 4.03. The molecule has 1 unspecified atom stereocenters. The first kappa shape index (κ1) is 11.9. The normalized spacial score (nSPS) is 13.1. The highest BCUT2D eigenvalue weighted by molar-refractivity contribution is 9.10. The van der Waals surface area contributed by atoms with E-state index in [1.54, 1.807) is 11.3 Å². The standard InChI is InChI=1S/C9H6BrCl2NS2/c10-4-3-6(15-9(4)12)7(13)8-5(11)1-2-14-8/h1-3,7H,13H2. The second-order valence-corrected chi connectivity index (χ2v) is 6.78. The maximum atomic E-state index is 6.10. The molecular formula is C9H6BrCl2NS2. The molecule has 0 saturated heterocycles. The lowest BCUT2D eigenvalue weighted by atomic mass is 10.2.